The van der Waals surface area contributed by atoms with Crippen LogP contribution in [0.2, 0.25) is 5.02 Å². The van der Waals surface area contributed by atoms with Crippen molar-refractivity contribution in [1.29, 1.82) is 0 Å². The lowest BCUT2D eigenvalue weighted by Gasteiger charge is -2.34. The van der Waals surface area contributed by atoms with Crippen LogP contribution in [0.5, 0.6) is 0 Å². The summed E-state index contributed by atoms with van der Waals surface area (Å²) in [7, 11) is 0. The number of hydrogen-bond donors (Lipinski definition) is 2. The van der Waals surface area contributed by atoms with E-state index in [0.717, 1.165) is 0 Å². The molecule has 2 aromatic carbocycles. The highest BCUT2D eigenvalue weighted by Gasteiger charge is 2.23. The molecule has 0 bridgehead atoms. The molecule has 2 aromatic rings. The number of nitrogens with zero attached hydrogens (tertiary/aromatic N) is 2. The third-order valence-electron chi connectivity index (χ3n) is 4.33. The van der Waals surface area contributed by atoms with E-state index in [1.165, 1.54) is 0 Å². The zero-order valence-corrected chi connectivity index (χ0v) is 15.1. The third-order valence-corrected chi connectivity index (χ3v) is 4.66. The first kappa shape index (κ1) is 18.2. The van der Waals surface area contributed by atoms with Gasteiger partial charge in [-0.1, -0.05) is 23.7 Å². The second kappa shape index (κ2) is 8.21. The maximum Gasteiger partial charge on any atom is 0.253 e. The molecule has 0 aliphatic carbocycles. The molecular weight excluding hydrogens is 352 g/mol. The van der Waals surface area contributed by atoms with Gasteiger partial charge in [-0.15, -0.1) is 0 Å². The van der Waals surface area contributed by atoms with Gasteiger partial charge >= 0.3 is 0 Å². The standard InChI is InChI=1S/C19H21ClN4O2/c20-16-3-1-2-4-17(16)22-18(25)13-23-9-11-24(12-10-23)19(26)14-5-7-15(21)8-6-14/h1-8H,9-13,21H2,(H,22,25). The fourth-order valence-corrected chi connectivity index (χ4v) is 3.06. The molecule has 0 unspecified atom stereocenters. The van der Waals surface area contributed by atoms with Gasteiger partial charge in [0.1, 0.15) is 0 Å². The van der Waals surface area contributed by atoms with E-state index in [1.54, 1.807) is 41.3 Å². The van der Waals surface area contributed by atoms with Gasteiger partial charge in [-0.05, 0) is 36.4 Å². The van der Waals surface area contributed by atoms with Gasteiger partial charge in [0.05, 0.1) is 17.3 Å². The van der Waals surface area contributed by atoms with Gasteiger partial charge in [0.2, 0.25) is 5.91 Å². The summed E-state index contributed by atoms with van der Waals surface area (Å²) < 4.78 is 0. The van der Waals surface area contributed by atoms with E-state index in [1.807, 2.05) is 17.0 Å². The van der Waals surface area contributed by atoms with Gasteiger partial charge in [0.25, 0.3) is 5.91 Å². The Hall–Kier alpha value is -2.57. The van der Waals surface area contributed by atoms with Crippen molar-refractivity contribution >= 4 is 34.8 Å². The topological polar surface area (TPSA) is 78.7 Å². The lowest BCUT2D eigenvalue weighted by Crippen LogP contribution is -2.50. The summed E-state index contributed by atoms with van der Waals surface area (Å²) in [6.07, 6.45) is 0. The van der Waals surface area contributed by atoms with Gasteiger partial charge in [-0.3, -0.25) is 14.5 Å². The molecule has 1 aliphatic heterocycles. The average molecular weight is 373 g/mol. The summed E-state index contributed by atoms with van der Waals surface area (Å²) in [6, 6.07) is 14.1. The van der Waals surface area contributed by atoms with Crippen molar-refractivity contribution < 1.29 is 9.59 Å². The summed E-state index contributed by atoms with van der Waals surface area (Å²) in [5.41, 5.74) is 7.53. The zero-order chi connectivity index (χ0) is 18.5. The van der Waals surface area contributed by atoms with Crippen molar-refractivity contribution in [2.75, 3.05) is 43.8 Å². The Kier molecular flexibility index (Phi) is 5.75. The first-order chi connectivity index (χ1) is 12.5. The minimum Gasteiger partial charge on any atom is -0.399 e. The number of anilines is 2. The van der Waals surface area contributed by atoms with Crippen LogP contribution in [-0.4, -0.2) is 54.3 Å². The van der Waals surface area contributed by atoms with E-state index >= 15 is 0 Å². The molecule has 0 aromatic heterocycles. The minimum atomic E-state index is -0.114. The number of piperazine rings is 1. The Morgan fingerprint density at radius 2 is 1.65 bits per heavy atom. The number of carbonyl (C=O) groups is 2. The highest BCUT2D eigenvalue weighted by atomic mass is 35.5. The predicted molar refractivity (Wildman–Crippen MR) is 103 cm³/mol. The van der Waals surface area contributed by atoms with Crippen LogP contribution in [0, 0.1) is 0 Å². The number of amides is 2. The van der Waals surface area contributed by atoms with E-state index in [-0.39, 0.29) is 18.4 Å². The fourth-order valence-electron chi connectivity index (χ4n) is 2.87. The molecule has 6 nitrogen and oxygen atoms in total. The number of carbonyl (C=O) groups excluding carboxylic acids is 2. The summed E-state index contributed by atoms with van der Waals surface area (Å²) in [5.74, 6) is -0.124. The smallest absolute Gasteiger partial charge is 0.253 e. The summed E-state index contributed by atoms with van der Waals surface area (Å²) in [4.78, 5) is 28.5. The van der Waals surface area contributed by atoms with E-state index in [4.69, 9.17) is 17.3 Å². The molecule has 1 heterocycles. The molecule has 2 amide bonds. The Bertz CT molecular complexity index is 786. The second-order valence-corrected chi connectivity index (χ2v) is 6.63. The fraction of sp³-hybridized carbons (Fsp3) is 0.263. The maximum atomic E-state index is 12.5. The Balaban J connectivity index is 1.49. The van der Waals surface area contributed by atoms with Crippen LogP contribution in [0.4, 0.5) is 11.4 Å². The van der Waals surface area contributed by atoms with Crippen molar-refractivity contribution in [2.45, 2.75) is 0 Å². The highest BCUT2D eigenvalue weighted by molar-refractivity contribution is 6.33. The minimum absolute atomic E-state index is 0.00910. The molecule has 1 fully saturated rings. The molecule has 26 heavy (non-hydrogen) atoms. The number of benzene rings is 2. The number of para-hydroxylation sites is 1. The van der Waals surface area contributed by atoms with E-state index < -0.39 is 0 Å². The predicted octanol–water partition coefficient (Wildman–Crippen LogP) is 2.32. The van der Waals surface area contributed by atoms with Crippen molar-refractivity contribution in [3.8, 4) is 0 Å². The van der Waals surface area contributed by atoms with Crippen LogP contribution < -0.4 is 11.1 Å². The quantitative estimate of drug-likeness (QED) is 0.807. The van der Waals surface area contributed by atoms with Gasteiger partial charge in [0.15, 0.2) is 0 Å². The van der Waals surface area contributed by atoms with Crippen LogP contribution in [0.3, 0.4) is 0 Å². The summed E-state index contributed by atoms with van der Waals surface area (Å²) in [6.45, 7) is 2.74. The number of halogens is 1. The SMILES string of the molecule is Nc1ccc(C(=O)N2CCN(CC(=O)Nc3ccccc3Cl)CC2)cc1. The molecule has 1 aliphatic rings. The van der Waals surface area contributed by atoms with Gasteiger partial charge in [-0.25, -0.2) is 0 Å². The normalized spacial score (nSPS) is 14.9. The van der Waals surface area contributed by atoms with Gasteiger partial charge in [-0.2, -0.15) is 0 Å². The van der Waals surface area contributed by atoms with E-state index in [0.29, 0.717) is 48.1 Å². The third kappa shape index (κ3) is 4.53. The van der Waals surface area contributed by atoms with Crippen molar-refractivity contribution in [3.05, 3.63) is 59.1 Å². The van der Waals surface area contributed by atoms with Crippen LogP contribution in [0.1, 0.15) is 10.4 Å². The monoisotopic (exact) mass is 372 g/mol. The molecule has 136 valence electrons. The van der Waals surface area contributed by atoms with Crippen molar-refractivity contribution in [2.24, 2.45) is 0 Å². The maximum absolute atomic E-state index is 12.5. The first-order valence-electron chi connectivity index (χ1n) is 8.44. The molecule has 3 rings (SSSR count). The van der Waals surface area contributed by atoms with E-state index in [2.05, 4.69) is 5.32 Å². The Morgan fingerprint density at radius 3 is 2.31 bits per heavy atom. The molecule has 0 spiro atoms. The number of nitrogens with two attached hydrogens (primary N) is 1. The zero-order valence-electron chi connectivity index (χ0n) is 14.3. The average Bonchev–Trinajstić information content (AvgIpc) is 2.64. The highest BCUT2D eigenvalue weighted by Crippen LogP contribution is 2.20. The van der Waals surface area contributed by atoms with E-state index in [9.17, 15) is 9.59 Å². The molecule has 0 atom stereocenters. The van der Waals surface area contributed by atoms with Crippen LogP contribution in [0.15, 0.2) is 48.5 Å². The first-order valence-corrected chi connectivity index (χ1v) is 8.82. The number of hydrogen-bond acceptors (Lipinski definition) is 4. The lowest BCUT2D eigenvalue weighted by molar-refractivity contribution is -0.117. The van der Waals surface area contributed by atoms with Crippen molar-refractivity contribution in [3.63, 3.8) is 0 Å². The van der Waals surface area contributed by atoms with Gasteiger partial charge in [0, 0.05) is 37.4 Å². The van der Waals surface area contributed by atoms with Crippen molar-refractivity contribution in [1.82, 2.24) is 9.80 Å². The molecule has 0 saturated carbocycles. The largest absolute Gasteiger partial charge is 0.399 e. The van der Waals surface area contributed by atoms with Gasteiger partial charge < -0.3 is 16.0 Å². The Morgan fingerprint density at radius 1 is 1.00 bits per heavy atom. The summed E-state index contributed by atoms with van der Waals surface area (Å²) >= 11 is 6.05. The van der Waals surface area contributed by atoms with Crippen LogP contribution in [0.25, 0.3) is 0 Å². The second-order valence-electron chi connectivity index (χ2n) is 6.22. The molecule has 1 saturated heterocycles. The molecule has 0 radical (unpaired) electrons. The molecular formula is C19H21ClN4O2. The number of rotatable bonds is 4. The van der Waals surface area contributed by atoms with Crippen LogP contribution in [-0.2, 0) is 4.79 Å². The molecule has 3 N–H and O–H groups in total. The lowest BCUT2D eigenvalue weighted by atomic mass is 10.1. The van der Waals surface area contributed by atoms with Crippen LogP contribution >= 0.6 is 11.6 Å². The summed E-state index contributed by atoms with van der Waals surface area (Å²) in [5, 5.41) is 3.33. The Labute approximate surface area is 157 Å². The number of nitrogen functional groups attached to an aromatic ring is 1. The molecule has 7 heteroatoms. The number of nitrogens with one attached hydrogen (secondary N) is 1.